The Labute approximate surface area is 93.0 Å². The zero-order chi connectivity index (χ0) is 10.7. The van der Waals surface area contributed by atoms with E-state index in [0.29, 0.717) is 0 Å². The Morgan fingerprint density at radius 3 is 2.67 bits per heavy atom. The van der Waals surface area contributed by atoms with E-state index in [9.17, 15) is 9.50 Å². The summed E-state index contributed by atoms with van der Waals surface area (Å²) in [4.78, 5) is 0. The van der Waals surface area contributed by atoms with Crippen LogP contribution in [0, 0.1) is 17.1 Å². The van der Waals surface area contributed by atoms with Crippen molar-refractivity contribution in [3.63, 3.8) is 0 Å². The van der Waals surface area contributed by atoms with Crippen LogP contribution in [0.3, 0.4) is 0 Å². The summed E-state index contributed by atoms with van der Waals surface area (Å²) < 4.78 is 12.9. The quantitative estimate of drug-likeness (QED) is 0.761. The van der Waals surface area contributed by atoms with Gasteiger partial charge in [-0.2, -0.15) is 5.26 Å². The van der Waals surface area contributed by atoms with Gasteiger partial charge in [0, 0.05) is 5.56 Å². The van der Waals surface area contributed by atoms with Crippen LogP contribution in [-0.4, -0.2) is 5.11 Å². The lowest BCUT2D eigenvalue weighted by Gasteiger charge is -2.10. The number of nitrogens with zero attached hydrogens (tertiary/aromatic N) is 1. The molecule has 3 nitrogen and oxygen atoms in total. The van der Waals surface area contributed by atoms with Crippen LogP contribution < -0.4 is 5.73 Å². The maximum Gasteiger partial charge on any atom is 0.144 e. The van der Waals surface area contributed by atoms with Crippen LogP contribution in [0.15, 0.2) is 24.8 Å². The van der Waals surface area contributed by atoms with Crippen LogP contribution in [0.25, 0.3) is 0 Å². The Balaban J connectivity index is 0.00000196. The molecule has 0 saturated carbocycles. The fraction of sp³-hybridized carbons (Fsp3) is 0.100. The molecule has 0 bridgehead atoms. The highest BCUT2D eigenvalue weighted by Gasteiger charge is 2.15. The SMILES string of the molecule is C=C[C@@H](N)c1ccc(F)c(C#N)c1O.Cl. The largest absolute Gasteiger partial charge is 0.506 e. The third-order valence-corrected chi connectivity index (χ3v) is 1.88. The van der Waals surface area contributed by atoms with Gasteiger partial charge in [-0.25, -0.2) is 4.39 Å². The van der Waals surface area contributed by atoms with E-state index in [0.717, 1.165) is 6.07 Å². The zero-order valence-corrected chi connectivity index (χ0v) is 8.59. The summed E-state index contributed by atoms with van der Waals surface area (Å²) in [6.07, 6.45) is 1.40. The molecule has 15 heavy (non-hydrogen) atoms. The van der Waals surface area contributed by atoms with Crippen LogP contribution in [0.4, 0.5) is 4.39 Å². The van der Waals surface area contributed by atoms with E-state index in [1.54, 1.807) is 6.07 Å². The standard InChI is InChI=1S/C10H9FN2O.ClH/c1-2-9(13)6-3-4-8(11)7(5-12)10(6)14;/h2-4,9,14H,1,13H2;1H/t9-;/m1./s1. The van der Waals surface area contributed by atoms with Gasteiger partial charge >= 0.3 is 0 Å². The van der Waals surface area contributed by atoms with Crippen molar-refractivity contribution in [3.05, 3.63) is 41.7 Å². The van der Waals surface area contributed by atoms with Crippen molar-refractivity contribution in [2.75, 3.05) is 0 Å². The number of halogens is 2. The summed E-state index contributed by atoms with van der Waals surface area (Å²) in [6.45, 7) is 3.44. The Bertz CT molecular complexity index is 415. The second kappa shape index (κ2) is 5.35. The smallest absolute Gasteiger partial charge is 0.144 e. The van der Waals surface area contributed by atoms with Crippen LogP contribution in [0.5, 0.6) is 5.75 Å². The third-order valence-electron chi connectivity index (χ3n) is 1.88. The lowest BCUT2D eigenvalue weighted by atomic mass is 10.0. The number of rotatable bonds is 2. The number of phenols is 1. The Morgan fingerprint density at radius 2 is 2.20 bits per heavy atom. The lowest BCUT2D eigenvalue weighted by Crippen LogP contribution is -2.07. The molecule has 5 heteroatoms. The monoisotopic (exact) mass is 228 g/mol. The van der Waals surface area contributed by atoms with Crippen molar-refractivity contribution >= 4 is 12.4 Å². The van der Waals surface area contributed by atoms with Gasteiger partial charge in [0.2, 0.25) is 0 Å². The number of aromatic hydroxyl groups is 1. The molecule has 0 spiro atoms. The van der Waals surface area contributed by atoms with E-state index in [1.807, 2.05) is 0 Å². The topological polar surface area (TPSA) is 70.0 Å². The van der Waals surface area contributed by atoms with Gasteiger partial charge in [-0.1, -0.05) is 12.1 Å². The summed E-state index contributed by atoms with van der Waals surface area (Å²) in [5, 5.41) is 18.0. The average molecular weight is 229 g/mol. The van der Waals surface area contributed by atoms with Crippen LogP contribution in [-0.2, 0) is 0 Å². The fourth-order valence-electron chi connectivity index (χ4n) is 1.08. The van der Waals surface area contributed by atoms with E-state index < -0.39 is 17.6 Å². The fourth-order valence-corrected chi connectivity index (χ4v) is 1.08. The van der Waals surface area contributed by atoms with E-state index in [4.69, 9.17) is 11.0 Å². The molecule has 0 radical (unpaired) electrons. The maximum atomic E-state index is 12.9. The summed E-state index contributed by atoms with van der Waals surface area (Å²) in [7, 11) is 0. The number of phenolic OH excluding ortho intramolecular Hbond substituents is 1. The molecular weight excluding hydrogens is 219 g/mol. The van der Waals surface area contributed by atoms with Gasteiger partial charge in [0.05, 0.1) is 6.04 Å². The highest BCUT2D eigenvalue weighted by Crippen LogP contribution is 2.28. The maximum absolute atomic E-state index is 12.9. The third kappa shape index (κ3) is 2.46. The second-order valence-corrected chi connectivity index (χ2v) is 2.73. The Hall–Kier alpha value is -1.57. The van der Waals surface area contributed by atoms with Gasteiger partial charge in [-0.3, -0.25) is 0 Å². The van der Waals surface area contributed by atoms with Crippen molar-refractivity contribution < 1.29 is 9.50 Å². The molecule has 0 aliphatic heterocycles. The molecule has 1 atom stereocenters. The molecule has 0 aliphatic carbocycles. The van der Waals surface area contributed by atoms with E-state index in [1.165, 1.54) is 12.1 Å². The molecule has 80 valence electrons. The molecule has 0 aliphatic rings. The van der Waals surface area contributed by atoms with Gasteiger partial charge in [0.15, 0.2) is 0 Å². The number of hydrogen-bond donors (Lipinski definition) is 2. The van der Waals surface area contributed by atoms with Crippen LogP contribution in [0.2, 0.25) is 0 Å². The molecule has 1 rings (SSSR count). The van der Waals surface area contributed by atoms with Gasteiger partial charge in [0.25, 0.3) is 0 Å². The molecule has 1 aromatic carbocycles. The van der Waals surface area contributed by atoms with Crippen molar-refractivity contribution in [2.45, 2.75) is 6.04 Å². The Morgan fingerprint density at radius 1 is 1.60 bits per heavy atom. The minimum absolute atomic E-state index is 0. The van der Waals surface area contributed by atoms with Crippen LogP contribution in [0.1, 0.15) is 17.2 Å². The number of nitrogens with two attached hydrogens (primary N) is 1. The first kappa shape index (κ1) is 13.4. The average Bonchev–Trinajstić information content (AvgIpc) is 2.18. The molecule has 0 unspecified atom stereocenters. The molecule has 1 aromatic rings. The molecule has 0 fully saturated rings. The zero-order valence-electron chi connectivity index (χ0n) is 7.77. The molecule has 0 saturated heterocycles. The van der Waals surface area contributed by atoms with Gasteiger partial charge < -0.3 is 10.8 Å². The minimum Gasteiger partial charge on any atom is -0.506 e. The number of hydrogen-bond acceptors (Lipinski definition) is 3. The summed E-state index contributed by atoms with van der Waals surface area (Å²) in [5.74, 6) is -1.18. The van der Waals surface area contributed by atoms with Crippen LogP contribution >= 0.6 is 12.4 Å². The molecule has 0 amide bonds. The van der Waals surface area contributed by atoms with Crippen molar-refractivity contribution in [2.24, 2.45) is 5.73 Å². The van der Waals surface area contributed by atoms with Gasteiger partial charge in [-0.05, 0) is 6.07 Å². The highest BCUT2D eigenvalue weighted by atomic mass is 35.5. The predicted molar refractivity (Wildman–Crippen MR) is 57.2 cm³/mol. The van der Waals surface area contributed by atoms with E-state index >= 15 is 0 Å². The molecule has 3 N–H and O–H groups in total. The first-order valence-corrected chi connectivity index (χ1v) is 3.91. The lowest BCUT2D eigenvalue weighted by molar-refractivity contribution is 0.457. The van der Waals surface area contributed by atoms with Gasteiger partial charge in [-0.15, -0.1) is 19.0 Å². The summed E-state index contributed by atoms with van der Waals surface area (Å²) in [5.41, 5.74) is 5.46. The van der Waals surface area contributed by atoms with Crippen molar-refractivity contribution in [1.82, 2.24) is 0 Å². The first-order valence-electron chi connectivity index (χ1n) is 3.91. The summed E-state index contributed by atoms with van der Waals surface area (Å²) in [6, 6.07) is 3.38. The van der Waals surface area contributed by atoms with Crippen molar-refractivity contribution in [3.8, 4) is 11.8 Å². The molecule has 0 heterocycles. The number of nitriles is 1. The van der Waals surface area contributed by atoms with E-state index in [2.05, 4.69) is 6.58 Å². The highest BCUT2D eigenvalue weighted by molar-refractivity contribution is 5.85. The van der Waals surface area contributed by atoms with Gasteiger partial charge in [0.1, 0.15) is 23.2 Å². The molecular formula is C10H10ClFN2O. The number of benzene rings is 1. The minimum atomic E-state index is -0.759. The first-order chi connectivity index (χ1) is 6.61. The summed E-state index contributed by atoms with van der Waals surface area (Å²) >= 11 is 0. The second-order valence-electron chi connectivity index (χ2n) is 2.73. The predicted octanol–water partition coefficient (Wildman–Crippen LogP) is 2.01. The Kier molecular flexibility index (Phi) is 4.79. The molecule has 0 aromatic heterocycles. The normalized spacial score (nSPS) is 11.0. The van der Waals surface area contributed by atoms with Crippen molar-refractivity contribution in [1.29, 1.82) is 5.26 Å². The van der Waals surface area contributed by atoms with E-state index in [-0.39, 0.29) is 23.5 Å².